The first-order valence-corrected chi connectivity index (χ1v) is 7.02. The van der Waals surface area contributed by atoms with Crippen LogP contribution in [0.5, 0.6) is 0 Å². The van der Waals surface area contributed by atoms with Gasteiger partial charge in [0.1, 0.15) is 0 Å². The van der Waals surface area contributed by atoms with Crippen LogP contribution in [0.4, 0.5) is 0 Å². The summed E-state index contributed by atoms with van der Waals surface area (Å²) in [4.78, 5) is 0. The van der Waals surface area contributed by atoms with E-state index in [0.717, 1.165) is 17.8 Å². The third-order valence-electron chi connectivity index (χ3n) is 3.22. The highest BCUT2D eigenvalue weighted by atomic mass is 14.1. The van der Waals surface area contributed by atoms with E-state index >= 15 is 0 Å². The maximum Gasteiger partial charge on any atom is -0.0443 e. The second-order valence-corrected chi connectivity index (χ2v) is 6.11. The van der Waals surface area contributed by atoms with Gasteiger partial charge in [0.2, 0.25) is 0 Å². The SMILES string of the molecule is CC(C)CCCCCC(C)CCC(C)C. The summed E-state index contributed by atoms with van der Waals surface area (Å²) >= 11 is 0. The molecule has 0 saturated heterocycles. The van der Waals surface area contributed by atoms with Gasteiger partial charge in [-0.1, -0.05) is 79.6 Å². The molecule has 0 spiro atoms. The first kappa shape index (κ1) is 15.0. The van der Waals surface area contributed by atoms with Crippen molar-refractivity contribution in [2.75, 3.05) is 0 Å². The Labute approximate surface area is 97.8 Å². The molecule has 0 radical (unpaired) electrons. The molecule has 0 N–H and O–H groups in total. The zero-order valence-electron chi connectivity index (χ0n) is 11.7. The van der Waals surface area contributed by atoms with E-state index in [4.69, 9.17) is 0 Å². The zero-order valence-corrected chi connectivity index (χ0v) is 11.7. The quantitative estimate of drug-likeness (QED) is 0.432. The largest absolute Gasteiger partial charge is 0.0628 e. The number of hydrogen-bond donors (Lipinski definition) is 0. The van der Waals surface area contributed by atoms with Gasteiger partial charge in [0, 0.05) is 0 Å². The van der Waals surface area contributed by atoms with Crippen LogP contribution < -0.4 is 0 Å². The minimum Gasteiger partial charge on any atom is -0.0628 e. The normalized spacial score (nSPS) is 13.8. The van der Waals surface area contributed by atoms with Crippen molar-refractivity contribution in [2.45, 2.75) is 79.6 Å². The molecule has 0 aromatic heterocycles. The first-order chi connectivity index (χ1) is 7.02. The van der Waals surface area contributed by atoms with E-state index < -0.39 is 0 Å². The van der Waals surface area contributed by atoms with Crippen molar-refractivity contribution in [1.82, 2.24) is 0 Å². The molecule has 92 valence electrons. The molecule has 0 fully saturated rings. The van der Waals surface area contributed by atoms with Crippen LogP contribution in [0, 0.1) is 17.8 Å². The average Bonchev–Trinajstić information content (AvgIpc) is 2.13. The monoisotopic (exact) mass is 212 g/mol. The fourth-order valence-electron chi connectivity index (χ4n) is 1.98. The van der Waals surface area contributed by atoms with Gasteiger partial charge in [0.05, 0.1) is 0 Å². The molecule has 0 saturated carbocycles. The Morgan fingerprint density at radius 2 is 1.07 bits per heavy atom. The summed E-state index contributed by atoms with van der Waals surface area (Å²) in [5, 5.41) is 0. The summed E-state index contributed by atoms with van der Waals surface area (Å²) in [6.45, 7) is 11.7. The Hall–Kier alpha value is 0. The lowest BCUT2D eigenvalue weighted by Gasteiger charge is -2.12. The maximum absolute atomic E-state index is 2.42. The van der Waals surface area contributed by atoms with E-state index in [-0.39, 0.29) is 0 Å². The van der Waals surface area contributed by atoms with Gasteiger partial charge in [-0.15, -0.1) is 0 Å². The molecule has 1 atom stereocenters. The Morgan fingerprint density at radius 1 is 0.533 bits per heavy atom. The minimum absolute atomic E-state index is 0.883. The van der Waals surface area contributed by atoms with Crippen molar-refractivity contribution in [2.24, 2.45) is 17.8 Å². The van der Waals surface area contributed by atoms with Crippen molar-refractivity contribution in [1.29, 1.82) is 0 Å². The summed E-state index contributed by atoms with van der Waals surface area (Å²) < 4.78 is 0. The summed E-state index contributed by atoms with van der Waals surface area (Å²) in [7, 11) is 0. The highest BCUT2D eigenvalue weighted by Crippen LogP contribution is 2.18. The standard InChI is InChI=1S/C15H32/c1-13(2)9-7-6-8-10-15(5)12-11-14(3)4/h13-15H,6-12H2,1-5H3. The summed E-state index contributed by atoms with van der Waals surface area (Å²) in [6, 6.07) is 0. The van der Waals surface area contributed by atoms with E-state index in [1.807, 2.05) is 0 Å². The van der Waals surface area contributed by atoms with E-state index in [1.54, 1.807) is 0 Å². The van der Waals surface area contributed by atoms with Crippen LogP contribution in [-0.4, -0.2) is 0 Å². The highest BCUT2D eigenvalue weighted by molar-refractivity contribution is 4.56. The third kappa shape index (κ3) is 11.9. The van der Waals surface area contributed by atoms with Crippen LogP contribution >= 0.6 is 0 Å². The lowest BCUT2D eigenvalue weighted by molar-refractivity contribution is 0.406. The predicted molar refractivity (Wildman–Crippen MR) is 71.2 cm³/mol. The smallest absolute Gasteiger partial charge is 0.0443 e. The Kier molecular flexibility index (Phi) is 9.24. The minimum atomic E-state index is 0.883. The van der Waals surface area contributed by atoms with Gasteiger partial charge in [-0.2, -0.15) is 0 Å². The Balaban J connectivity index is 3.20. The zero-order chi connectivity index (χ0) is 11.7. The summed E-state index contributed by atoms with van der Waals surface area (Å²) in [6.07, 6.45) is 10.0. The number of rotatable bonds is 9. The van der Waals surface area contributed by atoms with Crippen LogP contribution in [0.15, 0.2) is 0 Å². The van der Waals surface area contributed by atoms with Gasteiger partial charge in [-0.3, -0.25) is 0 Å². The highest BCUT2D eigenvalue weighted by Gasteiger charge is 2.03. The third-order valence-corrected chi connectivity index (χ3v) is 3.22. The molecule has 0 heteroatoms. The average molecular weight is 212 g/mol. The molecular weight excluding hydrogens is 180 g/mol. The van der Waals surface area contributed by atoms with E-state index in [0.29, 0.717) is 0 Å². The van der Waals surface area contributed by atoms with E-state index in [2.05, 4.69) is 34.6 Å². The molecule has 0 aliphatic rings. The van der Waals surface area contributed by atoms with Crippen molar-refractivity contribution in [3.05, 3.63) is 0 Å². The molecule has 1 unspecified atom stereocenters. The fourth-order valence-corrected chi connectivity index (χ4v) is 1.98. The number of hydrogen-bond acceptors (Lipinski definition) is 0. The predicted octanol–water partition coefficient (Wildman–Crippen LogP) is 5.67. The number of unbranched alkanes of at least 4 members (excludes halogenated alkanes) is 2. The molecule has 0 aliphatic carbocycles. The van der Waals surface area contributed by atoms with E-state index in [9.17, 15) is 0 Å². The summed E-state index contributed by atoms with van der Waals surface area (Å²) in [5.74, 6) is 2.73. The molecule has 0 amide bonds. The molecular formula is C15H32. The van der Waals surface area contributed by atoms with E-state index in [1.165, 1.54) is 44.9 Å². The Morgan fingerprint density at radius 3 is 1.60 bits per heavy atom. The van der Waals surface area contributed by atoms with Crippen molar-refractivity contribution in [3.63, 3.8) is 0 Å². The fraction of sp³-hybridized carbons (Fsp3) is 1.00. The second-order valence-electron chi connectivity index (χ2n) is 6.11. The van der Waals surface area contributed by atoms with Crippen molar-refractivity contribution in [3.8, 4) is 0 Å². The topological polar surface area (TPSA) is 0 Å². The van der Waals surface area contributed by atoms with Crippen LogP contribution in [0.25, 0.3) is 0 Å². The van der Waals surface area contributed by atoms with Gasteiger partial charge in [-0.25, -0.2) is 0 Å². The Bertz CT molecular complexity index is 124. The van der Waals surface area contributed by atoms with Crippen LogP contribution in [0.3, 0.4) is 0 Å². The van der Waals surface area contributed by atoms with Crippen molar-refractivity contribution >= 4 is 0 Å². The molecule has 0 aliphatic heterocycles. The van der Waals surface area contributed by atoms with Crippen molar-refractivity contribution < 1.29 is 0 Å². The molecule has 0 heterocycles. The molecule has 0 nitrogen and oxygen atoms in total. The van der Waals surface area contributed by atoms with Gasteiger partial charge in [-0.05, 0) is 17.8 Å². The molecule has 0 bridgehead atoms. The van der Waals surface area contributed by atoms with Crippen LogP contribution in [0.1, 0.15) is 79.6 Å². The van der Waals surface area contributed by atoms with Crippen LogP contribution in [0.2, 0.25) is 0 Å². The lowest BCUT2D eigenvalue weighted by atomic mass is 9.94. The van der Waals surface area contributed by atoms with Crippen LogP contribution in [-0.2, 0) is 0 Å². The first-order valence-electron chi connectivity index (χ1n) is 7.02. The molecule has 0 aromatic carbocycles. The van der Waals surface area contributed by atoms with Gasteiger partial charge < -0.3 is 0 Å². The second kappa shape index (κ2) is 9.24. The summed E-state index contributed by atoms with van der Waals surface area (Å²) in [5.41, 5.74) is 0. The van der Waals surface area contributed by atoms with Gasteiger partial charge in [0.25, 0.3) is 0 Å². The van der Waals surface area contributed by atoms with Gasteiger partial charge in [0.15, 0.2) is 0 Å². The molecule has 15 heavy (non-hydrogen) atoms. The van der Waals surface area contributed by atoms with Gasteiger partial charge >= 0.3 is 0 Å². The lowest BCUT2D eigenvalue weighted by Crippen LogP contribution is -1.98. The maximum atomic E-state index is 2.42. The molecule has 0 aromatic rings. The molecule has 0 rings (SSSR count).